The molecule has 0 aromatic carbocycles. The number of hydrogen-bond acceptors (Lipinski definition) is 3. The van der Waals surface area contributed by atoms with Crippen LogP contribution in [0.2, 0.25) is 0 Å². The molecule has 17 heavy (non-hydrogen) atoms. The number of rotatable bonds is 6. The predicted octanol–water partition coefficient (Wildman–Crippen LogP) is 2.68. The van der Waals surface area contributed by atoms with Crippen LogP contribution in [-0.2, 0) is 0 Å². The quantitative estimate of drug-likeness (QED) is 0.627. The van der Waals surface area contributed by atoms with E-state index in [9.17, 15) is 5.11 Å². The van der Waals surface area contributed by atoms with Crippen molar-refractivity contribution in [2.24, 2.45) is 5.92 Å². The first-order valence-electron chi connectivity index (χ1n) is 5.70. The van der Waals surface area contributed by atoms with E-state index in [0.717, 1.165) is 10.3 Å². The van der Waals surface area contributed by atoms with Crippen molar-refractivity contribution in [1.82, 2.24) is 10.3 Å². The summed E-state index contributed by atoms with van der Waals surface area (Å²) in [7, 11) is 0. The Balaban J connectivity index is 2.81. The lowest BCUT2D eigenvalue weighted by molar-refractivity contribution is 0.204. The molecule has 0 amide bonds. The number of pyridine rings is 1. The molecule has 0 spiro atoms. The van der Waals surface area contributed by atoms with Crippen LogP contribution >= 0.6 is 15.9 Å². The molecule has 4 heteroatoms. The summed E-state index contributed by atoms with van der Waals surface area (Å²) in [6, 6.07) is 5.76. The van der Waals surface area contributed by atoms with Crippen LogP contribution in [-0.4, -0.2) is 22.7 Å². The average molecular weight is 299 g/mol. The maximum absolute atomic E-state index is 9.32. The molecule has 2 N–H and O–H groups in total. The van der Waals surface area contributed by atoms with Crippen LogP contribution in [0, 0.1) is 5.92 Å². The Hall–Kier alpha value is -0.710. The first kappa shape index (κ1) is 14.4. The van der Waals surface area contributed by atoms with Gasteiger partial charge in [0.15, 0.2) is 0 Å². The van der Waals surface area contributed by atoms with Crippen LogP contribution in [0.4, 0.5) is 0 Å². The van der Waals surface area contributed by atoms with Gasteiger partial charge in [-0.05, 0) is 34.0 Å². The van der Waals surface area contributed by atoms with Crippen molar-refractivity contribution < 1.29 is 5.11 Å². The smallest absolute Gasteiger partial charge is 0.106 e. The van der Waals surface area contributed by atoms with Gasteiger partial charge in [-0.1, -0.05) is 26.0 Å². The zero-order valence-electron chi connectivity index (χ0n) is 10.2. The Bertz CT molecular complexity index is 368. The fraction of sp³-hybridized carbons (Fsp3) is 0.462. The molecule has 1 aromatic rings. The normalized spacial score (nSPS) is 14.6. The second kappa shape index (κ2) is 6.89. The Morgan fingerprint density at radius 1 is 1.53 bits per heavy atom. The average Bonchev–Trinajstić information content (AvgIpc) is 2.30. The molecular formula is C13H19BrN2O. The van der Waals surface area contributed by atoms with E-state index in [1.807, 2.05) is 18.2 Å². The molecule has 0 unspecified atom stereocenters. The highest BCUT2D eigenvalue weighted by Crippen LogP contribution is 2.16. The summed E-state index contributed by atoms with van der Waals surface area (Å²) in [6.45, 7) is 8.07. The minimum absolute atomic E-state index is 0.0405. The van der Waals surface area contributed by atoms with Crippen molar-refractivity contribution in [2.45, 2.75) is 25.9 Å². The zero-order valence-corrected chi connectivity index (χ0v) is 11.8. The second-order valence-corrected chi connectivity index (χ2v) is 5.11. The molecular weight excluding hydrogens is 280 g/mol. The molecule has 0 fully saturated rings. The number of halogens is 1. The van der Waals surface area contributed by atoms with Gasteiger partial charge in [-0.2, -0.15) is 0 Å². The van der Waals surface area contributed by atoms with E-state index in [1.54, 1.807) is 6.08 Å². The molecule has 1 aromatic heterocycles. The maximum atomic E-state index is 9.32. The number of hydrogen-bond donors (Lipinski definition) is 2. The first-order valence-corrected chi connectivity index (χ1v) is 6.49. The van der Waals surface area contributed by atoms with E-state index in [4.69, 9.17) is 0 Å². The number of aliphatic hydroxyl groups excluding tert-OH is 1. The van der Waals surface area contributed by atoms with Crippen molar-refractivity contribution in [3.05, 3.63) is 41.2 Å². The summed E-state index contributed by atoms with van der Waals surface area (Å²) in [4.78, 5) is 4.39. The van der Waals surface area contributed by atoms with Crippen LogP contribution in [0.5, 0.6) is 0 Å². The topological polar surface area (TPSA) is 45.1 Å². The minimum atomic E-state index is -0.0490. The van der Waals surface area contributed by atoms with Crippen LogP contribution in [0.1, 0.15) is 25.6 Å². The predicted molar refractivity (Wildman–Crippen MR) is 73.7 cm³/mol. The highest BCUT2D eigenvalue weighted by molar-refractivity contribution is 9.10. The van der Waals surface area contributed by atoms with E-state index in [-0.39, 0.29) is 18.7 Å². The third-order valence-corrected chi connectivity index (χ3v) is 3.13. The van der Waals surface area contributed by atoms with Crippen LogP contribution in [0.3, 0.4) is 0 Å². The number of aromatic nitrogens is 1. The van der Waals surface area contributed by atoms with Gasteiger partial charge in [0.2, 0.25) is 0 Å². The highest BCUT2D eigenvalue weighted by Gasteiger charge is 2.17. The van der Waals surface area contributed by atoms with Gasteiger partial charge < -0.3 is 10.4 Å². The number of nitrogens with one attached hydrogen (secondary N) is 1. The van der Waals surface area contributed by atoms with E-state index in [0.29, 0.717) is 5.92 Å². The molecule has 0 saturated heterocycles. The van der Waals surface area contributed by atoms with E-state index in [1.165, 1.54) is 0 Å². The fourth-order valence-electron chi connectivity index (χ4n) is 1.56. The van der Waals surface area contributed by atoms with Gasteiger partial charge in [0.1, 0.15) is 4.60 Å². The van der Waals surface area contributed by atoms with E-state index >= 15 is 0 Å². The van der Waals surface area contributed by atoms with Gasteiger partial charge in [-0.25, -0.2) is 4.98 Å². The van der Waals surface area contributed by atoms with Crippen molar-refractivity contribution >= 4 is 15.9 Å². The number of aliphatic hydroxyl groups is 1. The van der Waals surface area contributed by atoms with Gasteiger partial charge in [0.25, 0.3) is 0 Å². The second-order valence-electron chi connectivity index (χ2n) is 4.30. The van der Waals surface area contributed by atoms with Crippen LogP contribution < -0.4 is 5.32 Å². The fourth-order valence-corrected chi connectivity index (χ4v) is 1.92. The largest absolute Gasteiger partial charge is 0.395 e. The van der Waals surface area contributed by atoms with Crippen molar-refractivity contribution in [3.63, 3.8) is 0 Å². The Kier molecular flexibility index (Phi) is 5.82. The zero-order chi connectivity index (χ0) is 12.8. The molecule has 0 saturated carbocycles. The van der Waals surface area contributed by atoms with Gasteiger partial charge in [0, 0.05) is 6.04 Å². The molecule has 0 bridgehead atoms. The standard InChI is InChI=1S/C13H19BrN2O/c1-4-10(15-12(8-17)9(2)3)11-6-5-7-13(14)16-11/h4-7,9-10,12,15,17H,1,8H2,2-3H3/t10-,12+/m0/s1. The number of nitrogens with zero attached hydrogens (tertiary/aromatic N) is 1. The molecule has 3 nitrogen and oxygen atoms in total. The molecule has 0 aliphatic heterocycles. The van der Waals surface area contributed by atoms with E-state index < -0.39 is 0 Å². The van der Waals surface area contributed by atoms with Gasteiger partial charge >= 0.3 is 0 Å². The van der Waals surface area contributed by atoms with Crippen molar-refractivity contribution in [1.29, 1.82) is 0 Å². The first-order chi connectivity index (χ1) is 8.08. The van der Waals surface area contributed by atoms with Gasteiger partial charge in [0.05, 0.1) is 18.3 Å². The highest BCUT2D eigenvalue weighted by atomic mass is 79.9. The third-order valence-electron chi connectivity index (χ3n) is 2.69. The van der Waals surface area contributed by atoms with E-state index in [2.05, 4.69) is 46.7 Å². The Labute approximate surface area is 111 Å². The molecule has 1 heterocycles. The van der Waals surface area contributed by atoms with Crippen LogP contribution in [0.25, 0.3) is 0 Å². The summed E-state index contributed by atoms with van der Waals surface area (Å²) < 4.78 is 0.800. The van der Waals surface area contributed by atoms with Crippen molar-refractivity contribution in [2.75, 3.05) is 6.61 Å². The monoisotopic (exact) mass is 298 g/mol. The molecule has 0 aliphatic rings. The molecule has 94 valence electrons. The summed E-state index contributed by atoms with van der Waals surface area (Å²) in [5.41, 5.74) is 0.897. The summed E-state index contributed by atoms with van der Waals surface area (Å²) in [6.07, 6.45) is 1.81. The lowest BCUT2D eigenvalue weighted by Crippen LogP contribution is -2.39. The van der Waals surface area contributed by atoms with Crippen LogP contribution in [0.15, 0.2) is 35.5 Å². The molecule has 0 aliphatic carbocycles. The minimum Gasteiger partial charge on any atom is -0.395 e. The molecule has 0 radical (unpaired) electrons. The third kappa shape index (κ3) is 4.22. The molecule has 1 rings (SSSR count). The summed E-state index contributed by atoms with van der Waals surface area (Å²) in [5.74, 6) is 0.356. The summed E-state index contributed by atoms with van der Waals surface area (Å²) in [5, 5.41) is 12.7. The van der Waals surface area contributed by atoms with Gasteiger partial charge in [-0.15, -0.1) is 6.58 Å². The maximum Gasteiger partial charge on any atom is 0.106 e. The molecule has 2 atom stereocenters. The van der Waals surface area contributed by atoms with Crippen molar-refractivity contribution in [3.8, 4) is 0 Å². The lowest BCUT2D eigenvalue weighted by Gasteiger charge is -2.24. The SMILES string of the molecule is C=C[C@H](N[C@H](CO)C(C)C)c1cccc(Br)n1. The summed E-state index contributed by atoms with van der Waals surface area (Å²) >= 11 is 3.35. The Morgan fingerprint density at radius 2 is 2.24 bits per heavy atom. The van der Waals surface area contributed by atoms with Gasteiger partial charge in [-0.3, -0.25) is 0 Å². The Morgan fingerprint density at radius 3 is 2.71 bits per heavy atom. The lowest BCUT2D eigenvalue weighted by atomic mass is 10.0.